The van der Waals surface area contributed by atoms with Crippen molar-refractivity contribution in [1.29, 1.82) is 0 Å². The largest absolute Gasteiger partial charge is 0.372 e. The Labute approximate surface area is 181 Å². The van der Waals surface area contributed by atoms with Gasteiger partial charge in [0, 0.05) is 43.9 Å². The van der Waals surface area contributed by atoms with Gasteiger partial charge in [-0.2, -0.15) is 0 Å². The SMILES string of the molecule is CN(C)c1ccc(C(=O)c2ccccc2C(=O)NC(CN)C2CC2)cc1[N+](=O)[O-].Cl. The number of amides is 1. The highest BCUT2D eigenvalue weighted by atomic mass is 35.5. The van der Waals surface area contributed by atoms with Gasteiger partial charge in [-0.05, 0) is 37.0 Å². The second-order valence-electron chi connectivity index (χ2n) is 7.38. The number of benzene rings is 2. The minimum absolute atomic E-state index is 0. The van der Waals surface area contributed by atoms with Gasteiger partial charge in [-0.15, -0.1) is 12.4 Å². The fraction of sp³-hybridized carbons (Fsp3) is 0.333. The highest BCUT2D eigenvalue weighted by Crippen LogP contribution is 2.32. The molecular formula is C21H25ClN4O4. The Kier molecular flexibility index (Phi) is 7.53. The summed E-state index contributed by atoms with van der Waals surface area (Å²) in [6, 6.07) is 10.7. The normalized spacial score (nSPS) is 13.7. The molecule has 1 aliphatic rings. The summed E-state index contributed by atoms with van der Waals surface area (Å²) in [5.41, 5.74) is 6.58. The van der Waals surface area contributed by atoms with Crippen LogP contribution in [0.3, 0.4) is 0 Å². The Morgan fingerprint density at radius 3 is 2.37 bits per heavy atom. The van der Waals surface area contributed by atoms with E-state index in [9.17, 15) is 19.7 Å². The number of nitrogens with two attached hydrogens (primary N) is 1. The number of carbonyl (C=O) groups is 2. The van der Waals surface area contributed by atoms with Crippen molar-refractivity contribution in [2.75, 3.05) is 25.5 Å². The number of nitrogens with one attached hydrogen (secondary N) is 1. The quantitative estimate of drug-likeness (QED) is 0.376. The minimum Gasteiger partial charge on any atom is -0.372 e. The van der Waals surface area contributed by atoms with Gasteiger partial charge in [0.05, 0.1) is 10.5 Å². The number of nitrogens with zero attached hydrogens (tertiary/aromatic N) is 2. The predicted molar refractivity (Wildman–Crippen MR) is 118 cm³/mol. The lowest BCUT2D eigenvalue weighted by molar-refractivity contribution is -0.384. The molecule has 0 radical (unpaired) electrons. The summed E-state index contributed by atoms with van der Waals surface area (Å²) in [7, 11) is 3.38. The van der Waals surface area contributed by atoms with Crippen LogP contribution in [0.4, 0.5) is 11.4 Å². The van der Waals surface area contributed by atoms with Crippen molar-refractivity contribution in [2.45, 2.75) is 18.9 Å². The van der Waals surface area contributed by atoms with Gasteiger partial charge in [-0.1, -0.05) is 18.2 Å². The van der Waals surface area contributed by atoms with Crippen LogP contribution >= 0.6 is 12.4 Å². The van der Waals surface area contributed by atoms with E-state index in [-0.39, 0.29) is 46.7 Å². The number of halogens is 1. The molecule has 1 atom stereocenters. The third kappa shape index (κ3) is 4.95. The van der Waals surface area contributed by atoms with Gasteiger partial charge in [0.1, 0.15) is 5.69 Å². The molecule has 3 N–H and O–H groups in total. The first kappa shape index (κ1) is 23.3. The van der Waals surface area contributed by atoms with Crippen molar-refractivity contribution >= 4 is 35.5 Å². The Bertz CT molecular complexity index is 960. The molecule has 2 aromatic carbocycles. The first-order valence-electron chi connectivity index (χ1n) is 9.44. The van der Waals surface area contributed by atoms with Crippen molar-refractivity contribution in [3.05, 3.63) is 69.3 Å². The van der Waals surface area contributed by atoms with E-state index in [1.54, 1.807) is 43.3 Å². The summed E-state index contributed by atoms with van der Waals surface area (Å²) in [4.78, 5) is 38.4. The first-order valence-corrected chi connectivity index (χ1v) is 9.44. The minimum atomic E-state index is -0.522. The number of nitro benzene ring substituents is 1. The fourth-order valence-electron chi connectivity index (χ4n) is 3.34. The van der Waals surface area contributed by atoms with Crippen molar-refractivity contribution in [3.8, 4) is 0 Å². The Hall–Kier alpha value is -2.97. The average molecular weight is 433 g/mol. The van der Waals surface area contributed by atoms with Crippen LogP contribution in [-0.4, -0.2) is 43.3 Å². The Morgan fingerprint density at radius 1 is 1.20 bits per heavy atom. The fourth-order valence-corrected chi connectivity index (χ4v) is 3.34. The van der Waals surface area contributed by atoms with E-state index in [1.165, 1.54) is 18.2 Å². The third-order valence-corrected chi connectivity index (χ3v) is 5.09. The molecule has 1 aliphatic carbocycles. The maximum absolute atomic E-state index is 13.1. The average Bonchev–Trinajstić information content (AvgIpc) is 3.56. The van der Waals surface area contributed by atoms with Crippen molar-refractivity contribution in [1.82, 2.24) is 5.32 Å². The van der Waals surface area contributed by atoms with Crippen molar-refractivity contribution < 1.29 is 14.5 Å². The Balaban J connectivity index is 0.00000320. The second-order valence-corrected chi connectivity index (χ2v) is 7.38. The predicted octanol–water partition coefficient (Wildman–Crippen LogP) is 2.78. The van der Waals surface area contributed by atoms with E-state index in [0.29, 0.717) is 18.2 Å². The summed E-state index contributed by atoms with van der Waals surface area (Å²) in [6.07, 6.45) is 2.06. The van der Waals surface area contributed by atoms with Gasteiger partial charge < -0.3 is 16.0 Å². The number of nitro groups is 1. The molecule has 0 heterocycles. The number of ketones is 1. The summed E-state index contributed by atoms with van der Waals surface area (Å²) in [6.45, 7) is 0.338. The van der Waals surface area contributed by atoms with Crippen LogP contribution in [0.1, 0.15) is 39.1 Å². The molecule has 0 aromatic heterocycles. The van der Waals surface area contributed by atoms with Crippen LogP contribution in [0, 0.1) is 16.0 Å². The maximum Gasteiger partial charge on any atom is 0.293 e. The summed E-state index contributed by atoms with van der Waals surface area (Å²) < 4.78 is 0. The zero-order chi connectivity index (χ0) is 21.1. The third-order valence-electron chi connectivity index (χ3n) is 5.09. The van der Waals surface area contributed by atoms with Gasteiger partial charge in [-0.3, -0.25) is 19.7 Å². The highest BCUT2D eigenvalue weighted by Gasteiger charge is 2.32. The van der Waals surface area contributed by atoms with Gasteiger partial charge in [0.25, 0.3) is 11.6 Å². The van der Waals surface area contributed by atoms with Crippen LogP contribution in [0.5, 0.6) is 0 Å². The topological polar surface area (TPSA) is 119 Å². The molecular weight excluding hydrogens is 408 g/mol. The molecule has 1 unspecified atom stereocenters. The lowest BCUT2D eigenvalue weighted by Gasteiger charge is -2.17. The number of hydrogen-bond donors (Lipinski definition) is 2. The molecule has 2 aromatic rings. The lowest BCUT2D eigenvalue weighted by Crippen LogP contribution is -2.42. The van der Waals surface area contributed by atoms with E-state index >= 15 is 0 Å². The molecule has 160 valence electrons. The first-order chi connectivity index (χ1) is 13.8. The van der Waals surface area contributed by atoms with Crippen LogP contribution in [0.25, 0.3) is 0 Å². The van der Waals surface area contributed by atoms with E-state index < -0.39 is 10.7 Å². The van der Waals surface area contributed by atoms with Crippen LogP contribution in [-0.2, 0) is 0 Å². The zero-order valence-electron chi connectivity index (χ0n) is 16.8. The van der Waals surface area contributed by atoms with Crippen molar-refractivity contribution in [3.63, 3.8) is 0 Å². The highest BCUT2D eigenvalue weighted by molar-refractivity contribution is 6.15. The smallest absolute Gasteiger partial charge is 0.293 e. The lowest BCUT2D eigenvalue weighted by atomic mass is 9.97. The molecule has 8 nitrogen and oxygen atoms in total. The summed E-state index contributed by atoms with van der Waals surface area (Å²) in [5, 5.41) is 14.3. The number of anilines is 1. The molecule has 3 rings (SSSR count). The summed E-state index contributed by atoms with van der Waals surface area (Å²) >= 11 is 0. The van der Waals surface area contributed by atoms with Crippen LogP contribution in [0.15, 0.2) is 42.5 Å². The molecule has 1 amide bonds. The Morgan fingerprint density at radius 2 is 1.83 bits per heavy atom. The van der Waals surface area contributed by atoms with E-state index in [4.69, 9.17) is 5.73 Å². The number of hydrogen-bond acceptors (Lipinski definition) is 6. The van der Waals surface area contributed by atoms with E-state index in [2.05, 4.69) is 5.32 Å². The van der Waals surface area contributed by atoms with Gasteiger partial charge in [-0.25, -0.2) is 0 Å². The maximum atomic E-state index is 13.1. The summed E-state index contributed by atoms with van der Waals surface area (Å²) in [5.74, 6) is -0.427. The number of carbonyl (C=O) groups excluding carboxylic acids is 2. The monoisotopic (exact) mass is 432 g/mol. The van der Waals surface area contributed by atoms with Crippen molar-refractivity contribution in [2.24, 2.45) is 11.7 Å². The van der Waals surface area contributed by atoms with Crippen LogP contribution < -0.4 is 16.0 Å². The number of rotatable bonds is 8. The molecule has 0 aliphatic heterocycles. The second kappa shape index (κ2) is 9.69. The van der Waals surface area contributed by atoms with Gasteiger partial charge in [0.2, 0.25) is 0 Å². The molecule has 30 heavy (non-hydrogen) atoms. The molecule has 9 heteroatoms. The molecule has 0 spiro atoms. The molecule has 1 fully saturated rings. The van der Waals surface area contributed by atoms with E-state index in [1.807, 2.05) is 0 Å². The molecule has 1 saturated carbocycles. The zero-order valence-corrected chi connectivity index (χ0v) is 17.6. The van der Waals surface area contributed by atoms with E-state index in [0.717, 1.165) is 12.8 Å². The molecule has 0 saturated heterocycles. The van der Waals surface area contributed by atoms with Gasteiger partial charge in [0.15, 0.2) is 5.78 Å². The van der Waals surface area contributed by atoms with Gasteiger partial charge >= 0.3 is 0 Å². The van der Waals surface area contributed by atoms with Crippen LogP contribution in [0.2, 0.25) is 0 Å². The standard InChI is InChI=1S/C21H24N4O4.ClH/c1-24(2)18-10-9-14(11-19(18)25(28)29)20(26)15-5-3-4-6-16(15)21(27)23-17(12-22)13-7-8-13;/h3-6,9-11,13,17H,7-8,12,22H2,1-2H3,(H,23,27);1H. The molecule has 0 bridgehead atoms.